The van der Waals surface area contributed by atoms with Crippen LogP contribution in [0.5, 0.6) is 0 Å². The van der Waals surface area contributed by atoms with Crippen LogP contribution in [0, 0.1) is 35.0 Å². The zero-order valence-corrected chi connectivity index (χ0v) is 9.73. The first-order valence-corrected chi connectivity index (χ1v) is 5.73. The molecule has 2 rings (SSSR count). The van der Waals surface area contributed by atoms with Gasteiger partial charge in [-0.2, -0.15) is 5.26 Å². The Morgan fingerprint density at radius 2 is 2.00 bits per heavy atom. The van der Waals surface area contributed by atoms with E-state index in [1.54, 1.807) is 0 Å². The van der Waals surface area contributed by atoms with E-state index < -0.39 is 0 Å². The summed E-state index contributed by atoms with van der Waals surface area (Å²) in [5.41, 5.74) is -0.0917. The molecule has 0 heterocycles. The molecule has 4 unspecified atom stereocenters. The van der Waals surface area contributed by atoms with Crippen molar-refractivity contribution in [1.29, 1.82) is 5.26 Å². The van der Waals surface area contributed by atoms with Gasteiger partial charge in [0.15, 0.2) is 0 Å². The summed E-state index contributed by atoms with van der Waals surface area (Å²) in [6.45, 7) is 6.93. The van der Waals surface area contributed by atoms with E-state index in [-0.39, 0.29) is 11.5 Å². The van der Waals surface area contributed by atoms with E-state index in [2.05, 4.69) is 39.0 Å². The fourth-order valence-corrected chi connectivity index (χ4v) is 2.69. The van der Waals surface area contributed by atoms with E-state index in [9.17, 15) is 0 Å². The van der Waals surface area contributed by atoms with Crippen LogP contribution in [0.2, 0.25) is 0 Å². The fraction of sp³-hybridized carbons (Fsp3) is 0.769. The lowest BCUT2D eigenvalue weighted by Crippen LogP contribution is -2.29. The molecular formula is C13H19NO. The van der Waals surface area contributed by atoms with Gasteiger partial charge in [0, 0.05) is 5.92 Å². The van der Waals surface area contributed by atoms with Crippen LogP contribution in [0.15, 0.2) is 12.2 Å². The molecule has 0 spiro atoms. The molecule has 0 amide bonds. The number of rotatable bonds is 2. The lowest BCUT2D eigenvalue weighted by atomic mass is 9.84. The molecule has 0 aromatic carbocycles. The lowest BCUT2D eigenvalue weighted by molar-refractivity contribution is -0.0309. The molecule has 2 aliphatic rings. The molecule has 2 aliphatic carbocycles. The van der Waals surface area contributed by atoms with E-state index in [1.165, 1.54) is 0 Å². The predicted molar refractivity (Wildman–Crippen MR) is 59.0 cm³/mol. The fourth-order valence-electron chi connectivity index (χ4n) is 2.69. The van der Waals surface area contributed by atoms with Crippen molar-refractivity contribution in [2.75, 3.05) is 6.61 Å². The Morgan fingerprint density at radius 1 is 1.33 bits per heavy atom. The molecule has 2 nitrogen and oxygen atoms in total. The van der Waals surface area contributed by atoms with Crippen LogP contribution in [0.3, 0.4) is 0 Å². The van der Waals surface area contributed by atoms with Crippen LogP contribution in [-0.2, 0) is 4.74 Å². The summed E-state index contributed by atoms with van der Waals surface area (Å²) in [5, 5.41) is 9.15. The van der Waals surface area contributed by atoms with Gasteiger partial charge in [-0.1, -0.05) is 12.2 Å². The summed E-state index contributed by atoms with van der Waals surface area (Å²) >= 11 is 0. The highest BCUT2D eigenvalue weighted by atomic mass is 16.5. The van der Waals surface area contributed by atoms with Crippen LogP contribution in [0.1, 0.15) is 27.2 Å². The predicted octanol–water partition coefficient (Wildman–Crippen LogP) is 2.76. The monoisotopic (exact) mass is 205 g/mol. The van der Waals surface area contributed by atoms with Gasteiger partial charge in [-0.25, -0.2) is 0 Å². The third-order valence-corrected chi connectivity index (χ3v) is 3.48. The van der Waals surface area contributed by atoms with Crippen molar-refractivity contribution in [3.8, 4) is 6.07 Å². The van der Waals surface area contributed by atoms with E-state index in [0.29, 0.717) is 17.8 Å². The second kappa shape index (κ2) is 3.64. The molecule has 1 saturated carbocycles. The standard InChI is InChI=1S/C13H19NO/c1-13(2,3)15-8-12-10-5-4-9(6-10)11(12)7-14/h4-5,9-12H,6,8H2,1-3H3. The Labute approximate surface area is 91.9 Å². The van der Waals surface area contributed by atoms with E-state index in [1.807, 2.05) is 0 Å². The molecule has 0 radical (unpaired) electrons. The molecule has 15 heavy (non-hydrogen) atoms. The number of fused-ring (bicyclic) bond motifs is 2. The maximum absolute atomic E-state index is 9.15. The third-order valence-electron chi connectivity index (χ3n) is 3.48. The van der Waals surface area contributed by atoms with Crippen molar-refractivity contribution in [2.24, 2.45) is 23.7 Å². The molecule has 2 bridgehead atoms. The van der Waals surface area contributed by atoms with Crippen molar-refractivity contribution in [3.63, 3.8) is 0 Å². The Bertz CT molecular complexity index is 307. The zero-order valence-electron chi connectivity index (χ0n) is 9.73. The van der Waals surface area contributed by atoms with Gasteiger partial charge in [0.2, 0.25) is 0 Å². The molecule has 0 aliphatic heterocycles. The maximum atomic E-state index is 9.15. The van der Waals surface area contributed by atoms with Crippen LogP contribution in [-0.4, -0.2) is 12.2 Å². The summed E-state index contributed by atoms with van der Waals surface area (Å²) in [5.74, 6) is 1.68. The summed E-state index contributed by atoms with van der Waals surface area (Å²) < 4.78 is 5.81. The first kappa shape index (κ1) is 10.7. The number of allylic oxidation sites excluding steroid dienone is 2. The first-order valence-electron chi connectivity index (χ1n) is 5.73. The minimum absolute atomic E-state index is 0.0917. The SMILES string of the molecule is CC(C)(C)OCC1C2C=CC(C2)C1C#N. The number of ether oxygens (including phenoxy) is 1. The van der Waals surface area contributed by atoms with E-state index in [0.717, 1.165) is 13.0 Å². The number of nitrogens with zero attached hydrogens (tertiary/aromatic N) is 1. The maximum Gasteiger partial charge on any atom is 0.0666 e. The summed E-state index contributed by atoms with van der Waals surface area (Å²) in [6.07, 6.45) is 5.65. The van der Waals surface area contributed by atoms with Gasteiger partial charge in [0.1, 0.15) is 0 Å². The lowest BCUT2D eigenvalue weighted by Gasteiger charge is -2.27. The molecular weight excluding hydrogens is 186 g/mol. The highest BCUT2D eigenvalue weighted by Gasteiger charge is 2.44. The highest BCUT2D eigenvalue weighted by molar-refractivity contribution is 5.18. The smallest absolute Gasteiger partial charge is 0.0666 e. The van der Waals surface area contributed by atoms with Gasteiger partial charge in [0.25, 0.3) is 0 Å². The minimum Gasteiger partial charge on any atom is -0.376 e. The van der Waals surface area contributed by atoms with Crippen molar-refractivity contribution in [2.45, 2.75) is 32.8 Å². The summed E-state index contributed by atoms with van der Waals surface area (Å²) in [6, 6.07) is 2.45. The molecule has 0 aromatic rings. The number of nitriles is 1. The molecule has 0 aromatic heterocycles. The van der Waals surface area contributed by atoms with Crippen LogP contribution >= 0.6 is 0 Å². The molecule has 1 fully saturated rings. The molecule has 2 heteroatoms. The van der Waals surface area contributed by atoms with Crippen LogP contribution in [0.4, 0.5) is 0 Å². The minimum atomic E-state index is -0.0917. The zero-order chi connectivity index (χ0) is 11.1. The average Bonchev–Trinajstić information content (AvgIpc) is 2.71. The number of hydrogen-bond donors (Lipinski definition) is 0. The van der Waals surface area contributed by atoms with Crippen molar-refractivity contribution in [1.82, 2.24) is 0 Å². The van der Waals surface area contributed by atoms with Crippen molar-refractivity contribution in [3.05, 3.63) is 12.2 Å². The van der Waals surface area contributed by atoms with Gasteiger partial charge in [-0.15, -0.1) is 0 Å². The Hall–Kier alpha value is -0.810. The van der Waals surface area contributed by atoms with Gasteiger partial charge in [-0.3, -0.25) is 0 Å². The van der Waals surface area contributed by atoms with Gasteiger partial charge in [0.05, 0.1) is 24.2 Å². The topological polar surface area (TPSA) is 33.0 Å². The number of hydrogen-bond acceptors (Lipinski definition) is 2. The quantitative estimate of drug-likeness (QED) is 0.649. The van der Waals surface area contributed by atoms with Gasteiger partial charge < -0.3 is 4.74 Å². The van der Waals surface area contributed by atoms with E-state index in [4.69, 9.17) is 10.00 Å². The Morgan fingerprint density at radius 3 is 2.60 bits per heavy atom. The normalized spacial score (nSPS) is 38.3. The Balaban J connectivity index is 1.98. The Kier molecular flexibility index (Phi) is 2.60. The van der Waals surface area contributed by atoms with E-state index >= 15 is 0 Å². The molecule has 4 atom stereocenters. The van der Waals surface area contributed by atoms with Crippen LogP contribution in [0.25, 0.3) is 0 Å². The average molecular weight is 205 g/mol. The third kappa shape index (κ3) is 2.08. The van der Waals surface area contributed by atoms with Crippen molar-refractivity contribution < 1.29 is 4.74 Å². The molecule has 82 valence electrons. The van der Waals surface area contributed by atoms with Gasteiger partial charge >= 0.3 is 0 Å². The highest BCUT2D eigenvalue weighted by Crippen LogP contribution is 2.47. The molecule has 0 N–H and O–H groups in total. The summed E-state index contributed by atoms with van der Waals surface area (Å²) in [4.78, 5) is 0. The summed E-state index contributed by atoms with van der Waals surface area (Å²) in [7, 11) is 0. The second-order valence-corrected chi connectivity index (χ2v) is 5.69. The van der Waals surface area contributed by atoms with Crippen molar-refractivity contribution >= 4 is 0 Å². The largest absolute Gasteiger partial charge is 0.376 e. The van der Waals surface area contributed by atoms with Crippen LogP contribution < -0.4 is 0 Å². The first-order chi connectivity index (χ1) is 7.01. The van der Waals surface area contributed by atoms with Gasteiger partial charge in [-0.05, 0) is 39.0 Å². The molecule has 0 saturated heterocycles. The second-order valence-electron chi connectivity index (χ2n) is 5.69.